The minimum atomic E-state index is 0.00174. The number of anilines is 1. The molecule has 1 aliphatic rings. The Morgan fingerprint density at radius 2 is 2.25 bits per heavy atom. The fraction of sp³-hybridized carbons (Fsp3) is 0.471. The SMILES string of the molecule is CN(C)c1ccnc2sc3c(=O)n(CC4CCCCO4)cnc3c12. The Morgan fingerprint density at radius 3 is 3.00 bits per heavy atom. The van der Waals surface area contributed by atoms with E-state index in [9.17, 15) is 4.79 Å². The lowest BCUT2D eigenvalue weighted by atomic mass is 10.1. The zero-order valence-electron chi connectivity index (χ0n) is 13.9. The Bertz CT molecular complexity index is 941. The van der Waals surface area contributed by atoms with Gasteiger partial charge in [0.05, 0.1) is 35.6 Å². The number of fused-ring (bicyclic) bond motifs is 3. The third kappa shape index (κ3) is 2.57. The largest absolute Gasteiger partial charge is 0.377 e. The van der Waals surface area contributed by atoms with Crippen molar-refractivity contribution in [2.75, 3.05) is 25.6 Å². The van der Waals surface area contributed by atoms with E-state index in [-0.39, 0.29) is 11.7 Å². The normalized spacial score (nSPS) is 18.3. The molecule has 0 bridgehead atoms. The van der Waals surface area contributed by atoms with Crippen LogP contribution in [0.25, 0.3) is 20.4 Å². The van der Waals surface area contributed by atoms with Gasteiger partial charge in [-0.1, -0.05) is 0 Å². The van der Waals surface area contributed by atoms with Crippen LogP contribution in [0.3, 0.4) is 0 Å². The summed E-state index contributed by atoms with van der Waals surface area (Å²) in [6, 6.07) is 1.96. The summed E-state index contributed by atoms with van der Waals surface area (Å²) in [5.74, 6) is 0. The molecule has 126 valence electrons. The molecule has 4 rings (SSSR count). The molecular weight excluding hydrogens is 324 g/mol. The van der Waals surface area contributed by atoms with Gasteiger partial charge in [0.1, 0.15) is 9.53 Å². The molecule has 0 saturated carbocycles. The number of hydrogen-bond donors (Lipinski definition) is 0. The van der Waals surface area contributed by atoms with Crippen molar-refractivity contribution in [3.05, 3.63) is 28.9 Å². The molecule has 24 heavy (non-hydrogen) atoms. The highest BCUT2D eigenvalue weighted by atomic mass is 32.1. The summed E-state index contributed by atoms with van der Waals surface area (Å²) in [6.07, 6.45) is 6.82. The number of ether oxygens (including phenoxy) is 1. The number of rotatable bonds is 3. The molecule has 4 heterocycles. The lowest BCUT2D eigenvalue weighted by Crippen LogP contribution is -2.30. The zero-order valence-corrected chi connectivity index (χ0v) is 14.7. The molecule has 1 saturated heterocycles. The van der Waals surface area contributed by atoms with Crippen LogP contribution in [-0.4, -0.2) is 41.3 Å². The summed E-state index contributed by atoms with van der Waals surface area (Å²) in [5, 5.41) is 0.959. The molecule has 6 nitrogen and oxygen atoms in total. The van der Waals surface area contributed by atoms with Crippen molar-refractivity contribution in [3.63, 3.8) is 0 Å². The van der Waals surface area contributed by atoms with E-state index < -0.39 is 0 Å². The number of thiophene rings is 1. The maximum Gasteiger partial charge on any atom is 0.271 e. The molecule has 0 aliphatic carbocycles. The quantitative estimate of drug-likeness (QED) is 0.731. The maximum absolute atomic E-state index is 12.9. The van der Waals surface area contributed by atoms with Crippen molar-refractivity contribution < 1.29 is 4.74 Å². The van der Waals surface area contributed by atoms with Crippen molar-refractivity contribution in [1.82, 2.24) is 14.5 Å². The zero-order chi connectivity index (χ0) is 16.7. The van der Waals surface area contributed by atoms with Crippen LogP contribution in [0, 0.1) is 0 Å². The van der Waals surface area contributed by atoms with Gasteiger partial charge in [-0.15, -0.1) is 11.3 Å². The first-order chi connectivity index (χ1) is 11.6. The topological polar surface area (TPSA) is 60.2 Å². The molecule has 3 aromatic heterocycles. The Balaban J connectivity index is 1.83. The van der Waals surface area contributed by atoms with Gasteiger partial charge in [-0.25, -0.2) is 9.97 Å². The van der Waals surface area contributed by atoms with E-state index in [1.54, 1.807) is 17.1 Å². The third-order valence-corrected chi connectivity index (χ3v) is 5.56. The van der Waals surface area contributed by atoms with E-state index in [4.69, 9.17) is 4.74 Å². The average Bonchev–Trinajstić information content (AvgIpc) is 2.98. The molecule has 0 radical (unpaired) electrons. The average molecular weight is 344 g/mol. The van der Waals surface area contributed by atoms with Crippen molar-refractivity contribution >= 4 is 37.5 Å². The highest BCUT2D eigenvalue weighted by Crippen LogP contribution is 2.35. The number of aromatic nitrogens is 3. The summed E-state index contributed by atoms with van der Waals surface area (Å²) < 4.78 is 8.11. The van der Waals surface area contributed by atoms with Crippen LogP contribution < -0.4 is 10.5 Å². The van der Waals surface area contributed by atoms with E-state index in [0.717, 1.165) is 47.3 Å². The smallest absolute Gasteiger partial charge is 0.271 e. The molecule has 3 aromatic rings. The van der Waals surface area contributed by atoms with Gasteiger partial charge in [-0.2, -0.15) is 0 Å². The molecule has 1 atom stereocenters. The van der Waals surface area contributed by atoms with Gasteiger partial charge in [0, 0.05) is 26.9 Å². The van der Waals surface area contributed by atoms with Crippen LogP contribution in [0.15, 0.2) is 23.4 Å². The monoisotopic (exact) mass is 344 g/mol. The van der Waals surface area contributed by atoms with E-state index in [2.05, 4.69) is 9.97 Å². The summed E-state index contributed by atoms with van der Waals surface area (Å²) >= 11 is 1.42. The van der Waals surface area contributed by atoms with Crippen LogP contribution in [0.5, 0.6) is 0 Å². The van der Waals surface area contributed by atoms with E-state index in [1.165, 1.54) is 11.3 Å². The minimum Gasteiger partial charge on any atom is -0.377 e. The first-order valence-corrected chi connectivity index (χ1v) is 9.02. The van der Waals surface area contributed by atoms with E-state index >= 15 is 0 Å². The third-order valence-electron chi connectivity index (χ3n) is 4.48. The predicted molar refractivity (Wildman–Crippen MR) is 97.1 cm³/mol. The Morgan fingerprint density at radius 1 is 1.38 bits per heavy atom. The van der Waals surface area contributed by atoms with Crippen LogP contribution >= 0.6 is 11.3 Å². The lowest BCUT2D eigenvalue weighted by Gasteiger charge is -2.22. The summed E-state index contributed by atoms with van der Waals surface area (Å²) in [4.78, 5) is 24.8. The molecule has 0 aromatic carbocycles. The summed E-state index contributed by atoms with van der Waals surface area (Å²) in [5.41, 5.74) is 1.78. The van der Waals surface area contributed by atoms with Gasteiger partial charge >= 0.3 is 0 Å². The standard InChI is InChI=1S/C17H20N4O2S/c1-20(2)12-6-7-18-16-13(12)14-15(24-16)17(22)21(10-19-14)9-11-5-3-4-8-23-11/h6-7,10-11H,3-5,8-9H2,1-2H3. The van der Waals surface area contributed by atoms with E-state index in [1.807, 2.05) is 25.1 Å². The first kappa shape index (κ1) is 15.5. The first-order valence-electron chi connectivity index (χ1n) is 8.20. The molecule has 0 N–H and O–H groups in total. The second-order valence-electron chi connectivity index (χ2n) is 6.38. The minimum absolute atomic E-state index is 0.00174. The van der Waals surface area contributed by atoms with Gasteiger partial charge in [0.25, 0.3) is 5.56 Å². The number of hydrogen-bond acceptors (Lipinski definition) is 6. The van der Waals surface area contributed by atoms with Crippen LogP contribution in [-0.2, 0) is 11.3 Å². The molecule has 0 spiro atoms. The van der Waals surface area contributed by atoms with Gasteiger partial charge in [0.15, 0.2) is 0 Å². The van der Waals surface area contributed by atoms with Crippen LogP contribution in [0.2, 0.25) is 0 Å². The second kappa shape index (κ2) is 6.14. The van der Waals surface area contributed by atoms with Crippen molar-refractivity contribution in [2.24, 2.45) is 0 Å². The van der Waals surface area contributed by atoms with Gasteiger partial charge < -0.3 is 9.64 Å². The molecular formula is C17H20N4O2S. The summed E-state index contributed by atoms with van der Waals surface area (Å²) in [7, 11) is 3.97. The lowest BCUT2D eigenvalue weighted by molar-refractivity contribution is 0.00536. The van der Waals surface area contributed by atoms with E-state index in [0.29, 0.717) is 11.2 Å². The molecule has 7 heteroatoms. The molecule has 1 aliphatic heterocycles. The predicted octanol–water partition coefficient (Wildman–Crippen LogP) is 2.64. The van der Waals surface area contributed by atoms with Gasteiger partial charge in [-0.3, -0.25) is 9.36 Å². The van der Waals surface area contributed by atoms with Crippen molar-refractivity contribution in [2.45, 2.75) is 31.9 Å². The number of pyridine rings is 1. The van der Waals surface area contributed by atoms with Crippen LogP contribution in [0.1, 0.15) is 19.3 Å². The highest BCUT2D eigenvalue weighted by molar-refractivity contribution is 7.25. The van der Waals surface area contributed by atoms with Gasteiger partial charge in [0.2, 0.25) is 0 Å². The fourth-order valence-corrected chi connectivity index (χ4v) is 4.31. The molecule has 0 amide bonds. The Kier molecular flexibility index (Phi) is 3.97. The van der Waals surface area contributed by atoms with Crippen molar-refractivity contribution in [1.29, 1.82) is 0 Å². The maximum atomic E-state index is 12.9. The Hall–Kier alpha value is -1.99. The number of nitrogens with zero attached hydrogens (tertiary/aromatic N) is 4. The Labute approximate surface area is 143 Å². The van der Waals surface area contributed by atoms with Crippen molar-refractivity contribution in [3.8, 4) is 0 Å². The molecule has 1 fully saturated rings. The summed E-state index contributed by atoms with van der Waals surface area (Å²) in [6.45, 7) is 1.36. The fourth-order valence-electron chi connectivity index (χ4n) is 3.24. The second-order valence-corrected chi connectivity index (χ2v) is 7.37. The van der Waals surface area contributed by atoms with Gasteiger partial charge in [-0.05, 0) is 25.3 Å². The highest BCUT2D eigenvalue weighted by Gasteiger charge is 2.19. The molecule has 1 unspecified atom stereocenters. The van der Waals surface area contributed by atoms with Crippen LogP contribution in [0.4, 0.5) is 5.69 Å².